The van der Waals surface area contributed by atoms with E-state index < -0.39 is 23.9 Å². The van der Waals surface area contributed by atoms with Crippen LogP contribution in [-0.4, -0.2) is 23.9 Å². The van der Waals surface area contributed by atoms with Gasteiger partial charge in [0, 0.05) is 6.42 Å². The van der Waals surface area contributed by atoms with Gasteiger partial charge in [-0.25, -0.2) is 0 Å². The van der Waals surface area contributed by atoms with Gasteiger partial charge in [0.05, 0.1) is 0 Å². The molecule has 21 heavy (non-hydrogen) atoms. The summed E-state index contributed by atoms with van der Waals surface area (Å²) in [4.78, 5) is 0. The topological polar surface area (TPSA) is 0 Å². The Hall–Kier alpha value is -1.07. The Kier molecular flexibility index (Phi) is 6.45. The highest BCUT2D eigenvalue weighted by molar-refractivity contribution is 5.18. The van der Waals surface area contributed by atoms with Gasteiger partial charge in [0.15, 0.2) is 0 Å². The molecule has 0 spiro atoms. The van der Waals surface area contributed by atoms with Crippen LogP contribution in [0.1, 0.15) is 39.0 Å². The molecule has 0 aromatic carbocycles. The first kappa shape index (κ1) is 19.9. The molecule has 0 rings (SSSR count). The third-order valence-corrected chi connectivity index (χ3v) is 2.55. The van der Waals surface area contributed by atoms with Gasteiger partial charge in [0.2, 0.25) is 0 Å². The van der Waals surface area contributed by atoms with Crippen molar-refractivity contribution in [2.24, 2.45) is 0 Å². The summed E-state index contributed by atoms with van der Waals surface area (Å²) in [7, 11) is 0. The van der Waals surface area contributed by atoms with Crippen LogP contribution in [0.4, 0.5) is 39.5 Å². The van der Waals surface area contributed by atoms with Gasteiger partial charge in [0.25, 0.3) is 0 Å². The maximum absolute atomic E-state index is 12.9. The van der Waals surface area contributed by atoms with E-state index in [-0.39, 0.29) is 12.8 Å². The van der Waals surface area contributed by atoms with Crippen molar-refractivity contribution in [1.82, 2.24) is 0 Å². The molecule has 0 unspecified atom stereocenters. The fourth-order valence-corrected chi connectivity index (χ4v) is 1.27. The van der Waals surface area contributed by atoms with E-state index in [9.17, 15) is 39.5 Å². The van der Waals surface area contributed by atoms with Gasteiger partial charge in [-0.3, -0.25) is 0 Å². The molecule has 0 saturated heterocycles. The molecule has 0 heterocycles. The second-order valence-electron chi connectivity index (χ2n) is 4.33. The van der Waals surface area contributed by atoms with Gasteiger partial charge in [-0.15, -0.1) is 0 Å². The second-order valence-corrected chi connectivity index (χ2v) is 4.33. The molecule has 0 fully saturated rings. The first-order valence-corrected chi connectivity index (χ1v) is 6.01. The molecule has 124 valence electrons. The van der Waals surface area contributed by atoms with E-state index in [0.29, 0.717) is 12.3 Å². The van der Waals surface area contributed by atoms with Crippen LogP contribution in [0, 0.1) is 11.8 Å². The predicted molar refractivity (Wildman–Crippen MR) is 57.4 cm³/mol. The van der Waals surface area contributed by atoms with Gasteiger partial charge in [-0.1, -0.05) is 32.1 Å². The van der Waals surface area contributed by atoms with Crippen molar-refractivity contribution in [2.45, 2.75) is 63.0 Å². The summed E-state index contributed by atoms with van der Waals surface area (Å²) in [6.45, 7) is 1.85. The Morgan fingerprint density at radius 3 is 1.67 bits per heavy atom. The van der Waals surface area contributed by atoms with Crippen molar-refractivity contribution in [1.29, 1.82) is 0 Å². The number of unbranched alkanes of at least 4 members (excludes halogenated alkanes) is 4. The SMILES string of the molecule is CCCCCCC#CC(F)(F)C(F)(F)C(F)(F)C(F)(F)F. The van der Waals surface area contributed by atoms with E-state index in [0.717, 1.165) is 12.8 Å². The fraction of sp³-hybridized carbons (Fsp3) is 0.833. The quantitative estimate of drug-likeness (QED) is 0.346. The summed E-state index contributed by atoms with van der Waals surface area (Å²) in [5.41, 5.74) is 0. The molecule has 0 N–H and O–H groups in total. The molecule has 0 radical (unpaired) electrons. The zero-order valence-corrected chi connectivity index (χ0v) is 10.9. The lowest BCUT2D eigenvalue weighted by Gasteiger charge is -2.31. The lowest BCUT2D eigenvalue weighted by atomic mass is 10.0. The van der Waals surface area contributed by atoms with Crippen molar-refractivity contribution in [2.75, 3.05) is 0 Å². The van der Waals surface area contributed by atoms with E-state index in [4.69, 9.17) is 0 Å². The van der Waals surface area contributed by atoms with Crippen LogP contribution >= 0.6 is 0 Å². The maximum atomic E-state index is 12.9. The Bertz CT molecular complexity index is 384. The summed E-state index contributed by atoms with van der Waals surface area (Å²) in [6, 6.07) is 0. The normalized spacial score (nSPS) is 13.8. The zero-order chi connectivity index (χ0) is 16.9. The molecule has 0 aromatic heterocycles. The molecule has 0 atom stereocenters. The average molecular weight is 328 g/mol. The standard InChI is InChI=1S/C12H13F9/c1-2-3-4-5-6-7-8-9(13,14)10(15,16)11(17,18)12(19,20)21/h2-6H2,1H3. The molecular formula is C12H13F9. The number of hydrogen-bond donors (Lipinski definition) is 0. The molecule has 0 saturated carbocycles. The lowest BCUT2D eigenvalue weighted by Crippen LogP contribution is -2.60. The minimum absolute atomic E-state index is 0.262. The molecular weight excluding hydrogens is 315 g/mol. The molecule has 0 bridgehead atoms. The van der Waals surface area contributed by atoms with Gasteiger partial charge >= 0.3 is 23.9 Å². The summed E-state index contributed by atoms with van der Waals surface area (Å²) >= 11 is 0. The summed E-state index contributed by atoms with van der Waals surface area (Å²) in [5, 5.41) is 0. The second kappa shape index (κ2) is 6.79. The summed E-state index contributed by atoms with van der Waals surface area (Å²) in [6.07, 6.45) is -4.73. The van der Waals surface area contributed by atoms with E-state index in [1.54, 1.807) is 0 Å². The van der Waals surface area contributed by atoms with Crippen molar-refractivity contribution in [3.8, 4) is 11.8 Å². The number of rotatable bonds is 6. The van der Waals surface area contributed by atoms with Crippen LogP contribution in [-0.2, 0) is 0 Å². The first-order chi connectivity index (χ1) is 9.31. The van der Waals surface area contributed by atoms with E-state index in [1.807, 2.05) is 6.92 Å². The van der Waals surface area contributed by atoms with Crippen molar-refractivity contribution < 1.29 is 39.5 Å². The third kappa shape index (κ3) is 4.45. The number of hydrogen-bond acceptors (Lipinski definition) is 0. The van der Waals surface area contributed by atoms with E-state index in [1.165, 1.54) is 5.92 Å². The van der Waals surface area contributed by atoms with Crippen LogP contribution < -0.4 is 0 Å². The molecule has 0 aliphatic heterocycles. The fourth-order valence-electron chi connectivity index (χ4n) is 1.27. The smallest absolute Gasteiger partial charge is 0.191 e. The third-order valence-electron chi connectivity index (χ3n) is 2.55. The zero-order valence-electron chi connectivity index (χ0n) is 10.9. The van der Waals surface area contributed by atoms with Gasteiger partial charge in [-0.2, -0.15) is 39.5 Å². The van der Waals surface area contributed by atoms with Crippen molar-refractivity contribution >= 4 is 0 Å². The van der Waals surface area contributed by atoms with E-state index >= 15 is 0 Å². The molecule has 0 aliphatic rings. The lowest BCUT2D eigenvalue weighted by molar-refractivity contribution is -0.386. The predicted octanol–water partition coefficient (Wildman–Crippen LogP) is 5.43. The highest BCUT2D eigenvalue weighted by Crippen LogP contribution is 2.52. The average Bonchev–Trinajstić information content (AvgIpc) is 2.31. The summed E-state index contributed by atoms with van der Waals surface area (Å²) < 4.78 is 112. The summed E-state index contributed by atoms with van der Waals surface area (Å²) in [5.74, 6) is -17.2. The van der Waals surface area contributed by atoms with Gasteiger partial charge in [0.1, 0.15) is 0 Å². The van der Waals surface area contributed by atoms with Crippen LogP contribution in [0.3, 0.4) is 0 Å². The van der Waals surface area contributed by atoms with Crippen LogP contribution in [0.15, 0.2) is 0 Å². The van der Waals surface area contributed by atoms with Crippen LogP contribution in [0.25, 0.3) is 0 Å². The van der Waals surface area contributed by atoms with Crippen LogP contribution in [0.5, 0.6) is 0 Å². The minimum Gasteiger partial charge on any atom is -0.191 e. The molecule has 9 heteroatoms. The first-order valence-electron chi connectivity index (χ1n) is 6.01. The van der Waals surface area contributed by atoms with E-state index in [2.05, 4.69) is 0 Å². The highest BCUT2D eigenvalue weighted by atomic mass is 19.4. The molecule has 0 nitrogen and oxygen atoms in total. The molecule has 0 aliphatic carbocycles. The highest BCUT2D eigenvalue weighted by Gasteiger charge is 2.81. The number of alkyl halides is 9. The van der Waals surface area contributed by atoms with Crippen LogP contribution in [0.2, 0.25) is 0 Å². The maximum Gasteiger partial charge on any atom is 0.460 e. The number of halogens is 9. The van der Waals surface area contributed by atoms with Gasteiger partial charge in [-0.05, 0) is 12.3 Å². The molecule has 0 aromatic rings. The Balaban J connectivity index is 5.01. The monoisotopic (exact) mass is 328 g/mol. The van der Waals surface area contributed by atoms with Crippen molar-refractivity contribution in [3.05, 3.63) is 0 Å². The Labute approximate surface area is 115 Å². The largest absolute Gasteiger partial charge is 0.460 e. The van der Waals surface area contributed by atoms with Gasteiger partial charge < -0.3 is 0 Å². The Morgan fingerprint density at radius 2 is 1.24 bits per heavy atom. The minimum atomic E-state index is -6.87. The van der Waals surface area contributed by atoms with Crippen molar-refractivity contribution in [3.63, 3.8) is 0 Å². The Morgan fingerprint density at radius 1 is 0.714 bits per heavy atom. The molecule has 0 amide bonds.